The van der Waals surface area contributed by atoms with Crippen molar-refractivity contribution in [2.75, 3.05) is 13.2 Å². The highest BCUT2D eigenvalue weighted by Gasteiger charge is 2.17. The minimum absolute atomic E-state index is 0.199. The molecule has 3 rings (SSSR count). The van der Waals surface area contributed by atoms with Crippen molar-refractivity contribution in [3.05, 3.63) is 52.0 Å². The van der Waals surface area contributed by atoms with Gasteiger partial charge in [-0.25, -0.2) is 4.83 Å². The number of halogens is 1. The Labute approximate surface area is 151 Å². The highest BCUT2D eigenvalue weighted by molar-refractivity contribution is 7.89. The lowest BCUT2D eigenvalue weighted by atomic mass is 10.2. The maximum atomic E-state index is 12.4. The number of ether oxygens (including phenoxy) is 2. The Morgan fingerprint density at radius 1 is 1.16 bits per heavy atom. The number of rotatable bonds is 4. The summed E-state index contributed by atoms with van der Waals surface area (Å²) in [6.07, 6.45) is 1.37. The topological polar surface area (TPSA) is 77.0 Å². The number of hydrogen-bond acceptors (Lipinski definition) is 5. The maximum Gasteiger partial charge on any atom is 0.276 e. The van der Waals surface area contributed by atoms with Crippen LogP contribution in [-0.2, 0) is 10.0 Å². The van der Waals surface area contributed by atoms with Crippen LogP contribution in [0.15, 0.2) is 40.3 Å². The molecule has 0 spiro atoms. The molecule has 1 aliphatic heterocycles. The summed E-state index contributed by atoms with van der Waals surface area (Å²) in [5.74, 6) is 0.999. The summed E-state index contributed by atoms with van der Waals surface area (Å²) in [5.41, 5.74) is 2.10. The Morgan fingerprint density at radius 3 is 2.72 bits per heavy atom. The van der Waals surface area contributed by atoms with Crippen LogP contribution in [0.25, 0.3) is 0 Å². The van der Waals surface area contributed by atoms with Gasteiger partial charge in [-0.15, -0.1) is 0 Å². The van der Waals surface area contributed by atoms with E-state index in [1.165, 1.54) is 6.21 Å². The van der Waals surface area contributed by atoms with E-state index >= 15 is 0 Å². The second kappa shape index (κ2) is 6.93. The Bertz CT molecular complexity index is 942. The number of aryl methyl sites for hydroxylation is 2. The molecule has 2 aromatic carbocycles. The van der Waals surface area contributed by atoms with Crippen molar-refractivity contribution in [2.45, 2.75) is 18.7 Å². The summed E-state index contributed by atoms with van der Waals surface area (Å²) in [5, 5.41) is 4.22. The monoisotopic (exact) mass is 380 g/mol. The van der Waals surface area contributed by atoms with E-state index in [0.717, 1.165) is 5.56 Å². The molecular formula is C17H17ClN2O4S. The first kappa shape index (κ1) is 17.6. The number of nitrogens with zero attached hydrogens (tertiary/aromatic N) is 1. The standard InChI is InChI=1S/C17H17ClN2O4S/c1-11-3-4-12(2)16(7-11)25(21,22)20-19-10-13-8-14(18)17-15(9-13)23-5-6-24-17/h3-4,7-10,20H,5-6H2,1-2H3/b19-10-. The number of benzene rings is 2. The number of sulfonamides is 1. The fourth-order valence-electron chi connectivity index (χ4n) is 2.42. The average molecular weight is 381 g/mol. The molecule has 0 fully saturated rings. The first-order chi connectivity index (χ1) is 11.9. The zero-order valence-electron chi connectivity index (χ0n) is 13.7. The first-order valence-corrected chi connectivity index (χ1v) is 9.44. The molecule has 0 amide bonds. The predicted octanol–water partition coefficient (Wildman–Crippen LogP) is 3.04. The van der Waals surface area contributed by atoms with Gasteiger partial charge in [0.25, 0.3) is 10.0 Å². The molecule has 0 saturated heterocycles. The number of nitrogens with one attached hydrogen (secondary N) is 1. The van der Waals surface area contributed by atoms with Crippen molar-refractivity contribution in [1.29, 1.82) is 0 Å². The highest BCUT2D eigenvalue weighted by atomic mass is 35.5. The fraction of sp³-hybridized carbons (Fsp3) is 0.235. The molecule has 0 atom stereocenters. The van der Waals surface area contributed by atoms with Crippen molar-refractivity contribution in [3.63, 3.8) is 0 Å². The molecule has 6 nitrogen and oxygen atoms in total. The van der Waals surface area contributed by atoms with Gasteiger partial charge in [0.15, 0.2) is 11.5 Å². The van der Waals surface area contributed by atoms with Crippen LogP contribution >= 0.6 is 11.6 Å². The van der Waals surface area contributed by atoms with Crippen LogP contribution in [0.5, 0.6) is 11.5 Å². The van der Waals surface area contributed by atoms with Crippen LogP contribution in [0.2, 0.25) is 5.02 Å². The Hall–Kier alpha value is -2.25. The minimum Gasteiger partial charge on any atom is -0.486 e. The number of hydrazone groups is 1. The van der Waals surface area contributed by atoms with E-state index in [2.05, 4.69) is 9.93 Å². The van der Waals surface area contributed by atoms with Gasteiger partial charge in [-0.05, 0) is 48.7 Å². The Morgan fingerprint density at radius 2 is 1.92 bits per heavy atom. The molecule has 2 aromatic rings. The maximum absolute atomic E-state index is 12.4. The number of hydrogen-bond donors (Lipinski definition) is 1. The van der Waals surface area contributed by atoms with Crippen LogP contribution in [0, 0.1) is 13.8 Å². The highest BCUT2D eigenvalue weighted by Crippen LogP contribution is 2.37. The van der Waals surface area contributed by atoms with Crippen LogP contribution in [-0.4, -0.2) is 27.8 Å². The summed E-state index contributed by atoms with van der Waals surface area (Å²) >= 11 is 6.14. The molecular weight excluding hydrogens is 364 g/mol. The zero-order chi connectivity index (χ0) is 18.0. The van der Waals surface area contributed by atoms with Crippen LogP contribution in [0.1, 0.15) is 16.7 Å². The van der Waals surface area contributed by atoms with E-state index in [-0.39, 0.29) is 4.90 Å². The van der Waals surface area contributed by atoms with E-state index in [4.69, 9.17) is 21.1 Å². The third-order valence-electron chi connectivity index (χ3n) is 3.64. The first-order valence-electron chi connectivity index (χ1n) is 7.58. The SMILES string of the molecule is Cc1ccc(C)c(S(=O)(=O)N/N=C\c2cc(Cl)c3c(c2)OCCO3)c1. The van der Waals surface area contributed by atoms with E-state index in [0.29, 0.717) is 40.9 Å². The molecule has 0 unspecified atom stereocenters. The second-order valence-corrected chi connectivity index (χ2v) is 7.69. The van der Waals surface area contributed by atoms with Gasteiger partial charge in [-0.2, -0.15) is 13.5 Å². The van der Waals surface area contributed by atoms with Gasteiger partial charge in [0.1, 0.15) is 13.2 Å². The summed E-state index contributed by atoms with van der Waals surface area (Å²) in [6.45, 7) is 4.44. The average Bonchev–Trinajstić information content (AvgIpc) is 2.57. The summed E-state index contributed by atoms with van der Waals surface area (Å²) in [6, 6.07) is 8.54. The molecule has 0 radical (unpaired) electrons. The lowest BCUT2D eigenvalue weighted by Crippen LogP contribution is -2.19. The quantitative estimate of drug-likeness (QED) is 0.653. The summed E-state index contributed by atoms with van der Waals surface area (Å²) in [7, 11) is -3.75. The zero-order valence-corrected chi connectivity index (χ0v) is 15.3. The van der Waals surface area contributed by atoms with Gasteiger partial charge in [0.2, 0.25) is 0 Å². The third kappa shape index (κ3) is 3.88. The summed E-state index contributed by atoms with van der Waals surface area (Å²) < 4.78 is 35.7. The fourth-order valence-corrected chi connectivity index (χ4v) is 3.82. The van der Waals surface area contributed by atoms with E-state index in [1.54, 1.807) is 31.2 Å². The predicted molar refractivity (Wildman–Crippen MR) is 96.3 cm³/mol. The molecule has 25 heavy (non-hydrogen) atoms. The lowest BCUT2D eigenvalue weighted by Gasteiger charge is -2.19. The van der Waals surface area contributed by atoms with Gasteiger partial charge >= 0.3 is 0 Å². The molecule has 132 valence electrons. The van der Waals surface area contributed by atoms with Crippen LogP contribution < -0.4 is 14.3 Å². The van der Waals surface area contributed by atoms with Gasteiger partial charge in [-0.1, -0.05) is 23.7 Å². The summed E-state index contributed by atoms with van der Waals surface area (Å²) in [4.78, 5) is 2.42. The smallest absolute Gasteiger partial charge is 0.276 e. The van der Waals surface area contributed by atoms with Crippen molar-refractivity contribution >= 4 is 27.8 Å². The largest absolute Gasteiger partial charge is 0.486 e. The van der Waals surface area contributed by atoms with Crippen molar-refractivity contribution in [1.82, 2.24) is 4.83 Å². The van der Waals surface area contributed by atoms with Crippen LogP contribution in [0.4, 0.5) is 0 Å². The van der Waals surface area contributed by atoms with Gasteiger partial charge < -0.3 is 9.47 Å². The molecule has 1 N–H and O–H groups in total. The molecule has 0 bridgehead atoms. The normalized spacial score (nSPS) is 13.9. The number of fused-ring (bicyclic) bond motifs is 1. The lowest BCUT2D eigenvalue weighted by molar-refractivity contribution is 0.171. The van der Waals surface area contributed by atoms with Crippen molar-refractivity contribution in [3.8, 4) is 11.5 Å². The van der Waals surface area contributed by atoms with Crippen LogP contribution in [0.3, 0.4) is 0 Å². The molecule has 1 aliphatic rings. The molecule has 1 heterocycles. The Kier molecular flexibility index (Phi) is 4.87. The van der Waals surface area contributed by atoms with E-state index in [1.807, 2.05) is 13.0 Å². The van der Waals surface area contributed by atoms with E-state index < -0.39 is 10.0 Å². The molecule has 0 saturated carbocycles. The van der Waals surface area contributed by atoms with Gasteiger partial charge in [0, 0.05) is 0 Å². The Balaban J connectivity index is 1.81. The van der Waals surface area contributed by atoms with Gasteiger partial charge in [-0.3, -0.25) is 0 Å². The van der Waals surface area contributed by atoms with Crippen molar-refractivity contribution in [2.24, 2.45) is 5.10 Å². The molecule has 8 heteroatoms. The third-order valence-corrected chi connectivity index (χ3v) is 5.28. The van der Waals surface area contributed by atoms with Crippen molar-refractivity contribution < 1.29 is 17.9 Å². The second-order valence-electron chi connectivity index (χ2n) is 5.65. The van der Waals surface area contributed by atoms with Gasteiger partial charge in [0.05, 0.1) is 16.1 Å². The van der Waals surface area contributed by atoms with E-state index in [9.17, 15) is 8.42 Å². The minimum atomic E-state index is -3.75. The molecule has 0 aromatic heterocycles. The molecule has 0 aliphatic carbocycles.